The van der Waals surface area contributed by atoms with E-state index in [4.69, 9.17) is 4.74 Å². The molecule has 1 fully saturated rings. The van der Waals surface area contributed by atoms with Crippen LogP contribution in [0.2, 0.25) is 0 Å². The molecular formula is C22H20F4N4O2S. The highest BCUT2D eigenvalue weighted by Crippen LogP contribution is 2.31. The first kappa shape index (κ1) is 23.2. The first-order valence-corrected chi connectivity index (χ1v) is 11.2. The molecule has 2 heterocycles. The Bertz CT molecular complexity index is 1110. The fourth-order valence-corrected chi connectivity index (χ4v) is 4.21. The molecule has 1 N–H and O–H groups in total. The summed E-state index contributed by atoms with van der Waals surface area (Å²) in [7, 11) is 0. The van der Waals surface area contributed by atoms with Gasteiger partial charge in [0.2, 0.25) is 5.91 Å². The number of amides is 1. The summed E-state index contributed by atoms with van der Waals surface area (Å²) in [5, 5.41) is 11.3. The van der Waals surface area contributed by atoms with Crippen LogP contribution in [0.4, 0.5) is 23.2 Å². The van der Waals surface area contributed by atoms with E-state index < -0.39 is 17.6 Å². The van der Waals surface area contributed by atoms with Gasteiger partial charge in [-0.2, -0.15) is 13.2 Å². The van der Waals surface area contributed by atoms with Gasteiger partial charge in [-0.15, -0.1) is 10.2 Å². The van der Waals surface area contributed by atoms with Crippen LogP contribution in [0.15, 0.2) is 53.7 Å². The second-order valence-electron chi connectivity index (χ2n) is 7.47. The molecule has 11 heteroatoms. The number of nitrogens with one attached hydrogen (secondary N) is 1. The van der Waals surface area contributed by atoms with Crippen molar-refractivity contribution in [3.8, 4) is 11.4 Å². The van der Waals surface area contributed by atoms with Gasteiger partial charge in [-0.1, -0.05) is 17.8 Å². The van der Waals surface area contributed by atoms with Gasteiger partial charge in [0.1, 0.15) is 5.82 Å². The van der Waals surface area contributed by atoms with Crippen LogP contribution in [0, 0.1) is 5.82 Å². The molecule has 33 heavy (non-hydrogen) atoms. The van der Waals surface area contributed by atoms with Crippen LogP contribution < -0.4 is 5.32 Å². The van der Waals surface area contributed by atoms with Crippen LogP contribution >= 0.6 is 11.8 Å². The molecule has 0 saturated carbocycles. The molecule has 0 bridgehead atoms. The SMILES string of the molecule is O=C(CSc1nnc(-c2ccc(F)cc2)n1C[C@@H]1CCCO1)Nc1cccc(C(F)(F)F)c1. The highest BCUT2D eigenvalue weighted by molar-refractivity contribution is 7.99. The summed E-state index contributed by atoms with van der Waals surface area (Å²) >= 11 is 1.11. The summed E-state index contributed by atoms with van der Waals surface area (Å²) < 4.78 is 59.5. The average Bonchev–Trinajstić information content (AvgIpc) is 3.43. The largest absolute Gasteiger partial charge is 0.416 e. The highest BCUT2D eigenvalue weighted by Gasteiger charge is 2.30. The van der Waals surface area contributed by atoms with Gasteiger partial charge in [0, 0.05) is 17.9 Å². The van der Waals surface area contributed by atoms with Gasteiger partial charge in [-0.25, -0.2) is 4.39 Å². The molecule has 1 saturated heterocycles. The van der Waals surface area contributed by atoms with Crippen LogP contribution in [0.25, 0.3) is 11.4 Å². The van der Waals surface area contributed by atoms with E-state index in [1.54, 1.807) is 12.1 Å². The molecule has 2 aromatic carbocycles. The molecule has 0 unspecified atom stereocenters. The zero-order valence-electron chi connectivity index (χ0n) is 17.3. The van der Waals surface area contributed by atoms with E-state index in [1.807, 2.05) is 4.57 Å². The second kappa shape index (κ2) is 9.92. The maximum absolute atomic E-state index is 13.3. The Morgan fingerprint density at radius 1 is 1.18 bits per heavy atom. The number of rotatable bonds is 7. The molecule has 0 spiro atoms. The van der Waals surface area contributed by atoms with Gasteiger partial charge in [0.05, 0.1) is 24.0 Å². The smallest absolute Gasteiger partial charge is 0.376 e. The third kappa shape index (κ3) is 5.91. The predicted molar refractivity (Wildman–Crippen MR) is 115 cm³/mol. The van der Waals surface area contributed by atoms with Crippen molar-refractivity contribution in [2.75, 3.05) is 17.7 Å². The number of anilines is 1. The zero-order chi connectivity index (χ0) is 23.4. The number of hydrogen-bond donors (Lipinski definition) is 1. The zero-order valence-corrected chi connectivity index (χ0v) is 18.1. The number of hydrogen-bond acceptors (Lipinski definition) is 5. The van der Waals surface area contributed by atoms with Crippen molar-refractivity contribution in [3.05, 3.63) is 59.9 Å². The topological polar surface area (TPSA) is 69.0 Å². The maximum Gasteiger partial charge on any atom is 0.416 e. The summed E-state index contributed by atoms with van der Waals surface area (Å²) in [6, 6.07) is 10.3. The van der Waals surface area contributed by atoms with Crippen LogP contribution in [0.3, 0.4) is 0 Å². The second-order valence-corrected chi connectivity index (χ2v) is 8.42. The normalized spacial score (nSPS) is 16.2. The van der Waals surface area contributed by atoms with Crippen molar-refractivity contribution < 1.29 is 27.1 Å². The molecule has 1 aromatic heterocycles. The molecule has 0 aliphatic carbocycles. The number of ether oxygens (including phenoxy) is 1. The van der Waals surface area contributed by atoms with E-state index in [-0.39, 0.29) is 23.4 Å². The lowest BCUT2D eigenvalue weighted by Crippen LogP contribution is -2.18. The van der Waals surface area contributed by atoms with E-state index in [9.17, 15) is 22.4 Å². The highest BCUT2D eigenvalue weighted by atomic mass is 32.2. The molecule has 4 rings (SSSR count). The summed E-state index contributed by atoms with van der Waals surface area (Å²) in [5.41, 5.74) is -0.112. The summed E-state index contributed by atoms with van der Waals surface area (Å²) in [6.45, 7) is 1.14. The minimum absolute atomic E-state index is 0.0292. The number of benzene rings is 2. The number of carbonyl (C=O) groups excluding carboxylic acids is 1. The van der Waals surface area contributed by atoms with Gasteiger partial charge < -0.3 is 10.1 Å². The van der Waals surface area contributed by atoms with E-state index in [1.165, 1.54) is 24.3 Å². The molecule has 0 radical (unpaired) electrons. The van der Waals surface area contributed by atoms with E-state index >= 15 is 0 Å². The number of halogens is 4. The van der Waals surface area contributed by atoms with Crippen LogP contribution in [-0.4, -0.2) is 39.1 Å². The Hall–Kier alpha value is -2.92. The first-order chi connectivity index (χ1) is 15.8. The summed E-state index contributed by atoms with van der Waals surface area (Å²) in [5.74, 6) is -0.408. The number of thioether (sulfide) groups is 1. The van der Waals surface area contributed by atoms with Gasteiger partial charge in [-0.05, 0) is 55.3 Å². The summed E-state index contributed by atoms with van der Waals surface area (Å²) in [4.78, 5) is 12.4. The molecule has 6 nitrogen and oxygen atoms in total. The van der Waals surface area contributed by atoms with Crippen molar-refractivity contribution in [3.63, 3.8) is 0 Å². The molecule has 1 atom stereocenters. The predicted octanol–water partition coefficient (Wildman–Crippen LogP) is 5.01. The quantitative estimate of drug-likeness (QED) is 0.380. The minimum Gasteiger partial charge on any atom is -0.376 e. The number of carbonyl (C=O) groups is 1. The fourth-order valence-electron chi connectivity index (χ4n) is 3.46. The minimum atomic E-state index is -4.50. The van der Waals surface area contributed by atoms with Crippen molar-refractivity contribution in [1.82, 2.24) is 14.8 Å². The molecular weight excluding hydrogens is 460 g/mol. The van der Waals surface area contributed by atoms with Gasteiger partial charge in [0.25, 0.3) is 0 Å². The average molecular weight is 480 g/mol. The lowest BCUT2D eigenvalue weighted by atomic mass is 10.2. The van der Waals surface area contributed by atoms with E-state index in [2.05, 4.69) is 15.5 Å². The number of alkyl halides is 3. The van der Waals surface area contributed by atoms with E-state index in [0.29, 0.717) is 29.7 Å². The molecule has 1 amide bonds. The lowest BCUT2D eigenvalue weighted by molar-refractivity contribution is -0.137. The molecule has 1 aliphatic heterocycles. The Labute approximate surface area is 191 Å². The van der Waals surface area contributed by atoms with Crippen LogP contribution in [0.5, 0.6) is 0 Å². The monoisotopic (exact) mass is 480 g/mol. The van der Waals surface area contributed by atoms with Crippen LogP contribution in [0.1, 0.15) is 18.4 Å². The molecule has 174 valence electrons. The Morgan fingerprint density at radius 3 is 2.67 bits per heavy atom. The third-order valence-corrected chi connectivity index (χ3v) is 6.00. The molecule has 3 aromatic rings. The Balaban J connectivity index is 1.48. The Kier molecular flexibility index (Phi) is 6.99. The van der Waals surface area contributed by atoms with Gasteiger partial charge in [0.15, 0.2) is 11.0 Å². The van der Waals surface area contributed by atoms with Gasteiger partial charge in [-0.3, -0.25) is 9.36 Å². The van der Waals surface area contributed by atoms with Crippen molar-refractivity contribution in [1.29, 1.82) is 0 Å². The lowest BCUT2D eigenvalue weighted by Gasteiger charge is -2.15. The van der Waals surface area contributed by atoms with Crippen LogP contribution in [-0.2, 0) is 22.3 Å². The number of nitrogens with zero attached hydrogens (tertiary/aromatic N) is 3. The number of aromatic nitrogens is 3. The maximum atomic E-state index is 13.3. The van der Waals surface area contributed by atoms with Crippen molar-refractivity contribution in [2.24, 2.45) is 0 Å². The Morgan fingerprint density at radius 2 is 1.97 bits per heavy atom. The van der Waals surface area contributed by atoms with E-state index in [0.717, 1.165) is 36.7 Å². The third-order valence-electron chi connectivity index (χ3n) is 5.04. The van der Waals surface area contributed by atoms with Crippen molar-refractivity contribution >= 4 is 23.4 Å². The van der Waals surface area contributed by atoms with Gasteiger partial charge >= 0.3 is 6.18 Å². The standard InChI is InChI=1S/C22H20F4N4O2S/c23-16-8-6-14(7-9-16)20-28-29-21(30(20)12-18-5-2-10-32-18)33-13-19(31)27-17-4-1-3-15(11-17)22(24,25)26/h1,3-4,6-9,11,18H,2,5,10,12-13H2,(H,27,31)/t18-/m0/s1. The van der Waals surface area contributed by atoms with Crippen molar-refractivity contribution in [2.45, 2.75) is 36.8 Å². The fraction of sp³-hybridized carbons (Fsp3) is 0.318. The summed E-state index contributed by atoms with van der Waals surface area (Å²) in [6.07, 6.45) is -2.70. The first-order valence-electron chi connectivity index (χ1n) is 10.2. The molecule has 1 aliphatic rings.